The summed E-state index contributed by atoms with van der Waals surface area (Å²) in [7, 11) is 0. The Morgan fingerprint density at radius 3 is 2.61 bits per heavy atom. The van der Waals surface area contributed by atoms with E-state index in [1.807, 2.05) is 55.5 Å². The van der Waals surface area contributed by atoms with Crippen LogP contribution < -0.4 is 0 Å². The van der Waals surface area contributed by atoms with E-state index in [-0.39, 0.29) is 5.56 Å². The van der Waals surface area contributed by atoms with Gasteiger partial charge in [0, 0.05) is 12.1 Å². The molecular formula is C26H23N3O2. The first-order valence-corrected chi connectivity index (χ1v) is 10.4. The van der Waals surface area contributed by atoms with Gasteiger partial charge >= 0.3 is 5.97 Å². The largest absolute Gasteiger partial charge is 0.478 e. The Labute approximate surface area is 181 Å². The number of unbranched alkanes of at least 4 members (excludes halogenated alkanes) is 1. The lowest BCUT2D eigenvalue weighted by Gasteiger charge is -2.14. The number of carbonyl (C=O) groups is 1. The van der Waals surface area contributed by atoms with Crippen molar-refractivity contribution in [3.63, 3.8) is 0 Å². The molecule has 1 aromatic heterocycles. The van der Waals surface area contributed by atoms with Crippen LogP contribution in [0.4, 0.5) is 0 Å². The Balaban J connectivity index is 1.91. The number of hydrogen-bond donors (Lipinski definition) is 1. The minimum atomic E-state index is -0.944. The molecule has 1 N–H and O–H groups in total. The third kappa shape index (κ3) is 3.69. The van der Waals surface area contributed by atoms with Gasteiger partial charge in [0.25, 0.3) is 0 Å². The summed E-state index contributed by atoms with van der Waals surface area (Å²) in [6.07, 6.45) is 2.88. The van der Waals surface area contributed by atoms with Crippen molar-refractivity contribution in [2.24, 2.45) is 0 Å². The SMILES string of the molecule is CCCCc1nc2cccc(C#N)c2n1-c1ccc(-c2ccccc2C(=O)O)c(C)c1. The second-order valence-electron chi connectivity index (χ2n) is 7.60. The van der Waals surface area contributed by atoms with Gasteiger partial charge in [-0.1, -0.05) is 43.7 Å². The van der Waals surface area contributed by atoms with Gasteiger partial charge in [-0.3, -0.25) is 4.57 Å². The highest BCUT2D eigenvalue weighted by Gasteiger charge is 2.17. The van der Waals surface area contributed by atoms with Crippen molar-refractivity contribution >= 4 is 17.0 Å². The van der Waals surface area contributed by atoms with E-state index in [1.54, 1.807) is 12.1 Å². The van der Waals surface area contributed by atoms with Crippen LogP contribution in [0.1, 0.15) is 47.1 Å². The molecule has 31 heavy (non-hydrogen) atoms. The second-order valence-corrected chi connectivity index (χ2v) is 7.60. The highest BCUT2D eigenvalue weighted by Crippen LogP contribution is 2.31. The number of para-hydroxylation sites is 1. The van der Waals surface area contributed by atoms with E-state index in [0.29, 0.717) is 11.1 Å². The van der Waals surface area contributed by atoms with Gasteiger partial charge in [-0.15, -0.1) is 0 Å². The van der Waals surface area contributed by atoms with Crippen LogP contribution in [0.3, 0.4) is 0 Å². The van der Waals surface area contributed by atoms with Crippen LogP contribution >= 0.6 is 0 Å². The molecule has 0 fully saturated rings. The van der Waals surface area contributed by atoms with Gasteiger partial charge in [0.2, 0.25) is 0 Å². The van der Waals surface area contributed by atoms with Crippen LogP contribution in [0.2, 0.25) is 0 Å². The fourth-order valence-electron chi connectivity index (χ4n) is 4.04. The molecular weight excluding hydrogens is 386 g/mol. The molecule has 4 aromatic rings. The van der Waals surface area contributed by atoms with Crippen LogP contribution in [0, 0.1) is 18.3 Å². The molecule has 0 atom stereocenters. The lowest BCUT2D eigenvalue weighted by molar-refractivity contribution is 0.0697. The first-order chi connectivity index (χ1) is 15.0. The van der Waals surface area contributed by atoms with Gasteiger partial charge in [-0.05, 0) is 60.4 Å². The monoisotopic (exact) mass is 409 g/mol. The highest BCUT2D eigenvalue weighted by atomic mass is 16.4. The van der Waals surface area contributed by atoms with Crippen molar-refractivity contribution in [1.82, 2.24) is 9.55 Å². The Hall–Kier alpha value is -3.91. The summed E-state index contributed by atoms with van der Waals surface area (Å²) < 4.78 is 2.07. The second kappa shape index (κ2) is 8.45. The van der Waals surface area contributed by atoms with Crippen LogP contribution in [0.15, 0.2) is 60.7 Å². The zero-order valence-corrected chi connectivity index (χ0v) is 17.6. The summed E-state index contributed by atoms with van der Waals surface area (Å²) in [5, 5.41) is 19.3. The minimum absolute atomic E-state index is 0.279. The van der Waals surface area contributed by atoms with E-state index in [0.717, 1.165) is 52.9 Å². The standard InChI is InChI=1S/C26H23N3O2/c1-3-4-12-24-28-23-11-7-8-18(16-27)25(23)29(24)19-13-14-20(17(2)15-19)21-9-5-6-10-22(21)26(30)31/h5-11,13-15H,3-4,12H2,1-2H3,(H,30,31). The first kappa shape index (κ1) is 20.4. The van der Waals surface area contributed by atoms with Crippen molar-refractivity contribution in [2.45, 2.75) is 33.1 Å². The molecule has 0 unspecified atom stereocenters. The van der Waals surface area contributed by atoms with Gasteiger partial charge in [0.05, 0.1) is 22.2 Å². The van der Waals surface area contributed by atoms with Crippen molar-refractivity contribution in [1.29, 1.82) is 5.26 Å². The quantitative estimate of drug-likeness (QED) is 0.429. The third-order valence-corrected chi connectivity index (χ3v) is 5.54. The Morgan fingerprint density at radius 1 is 1.10 bits per heavy atom. The number of hydrogen-bond acceptors (Lipinski definition) is 3. The Morgan fingerprint density at radius 2 is 1.90 bits per heavy atom. The van der Waals surface area contributed by atoms with Crippen molar-refractivity contribution < 1.29 is 9.90 Å². The molecule has 0 radical (unpaired) electrons. The number of carboxylic acid groups (broad SMARTS) is 1. The summed E-state index contributed by atoms with van der Waals surface area (Å²) >= 11 is 0. The summed E-state index contributed by atoms with van der Waals surface area (Å²) in [6.45, 7) is 4.13. The number of benzene rings is 3. The van der Waals surface area contributed by atoms with E-state index in [2.05, 4.69) is 17.6 Å². The molecule has 0 amide bonds. The zero-order valence-electron chi connectivity index (χ0n) is 17.6. The minimum Gasteiger partial charge on any atom is -0.478 e. The number of nitrogens with zero attached hydrogens (tertiary/aromatic N) is 3. The zero-order chi connectivity index (χ0) is 22.0. The summed E-state index contributed by atoms with van der Waals surface area (Å²) in [6, 6.07) is 20.9. The number of nitriles is 1. The maximum absolute atomic E-state index is 11.7. The van der Waals surface area contributed by atoms with E-state index >= 15 is 0 Å². The van der Waals surface area contributed by atoms with Crippen LogP contribution in [-0.2, 0) is 6.42 Å². The number of aromatic carboxylic acids is 1. The number of carboxylic acids is 1. The fourth-order valence-corrected chi connectivity index (χ4v) is 4.04. The molecule has 0 spiro atoms. The smallest absolute Gasteiger partial charge is 0.336 e. The molecule has 1 heterocycles. The third-order valence-electron chi connectivity index (χ3n) is 5.54. The van der Waals surface area contributed by atoms with Gasteiger partial charge in [-0.2, -0.15) is 5.26 Å². The normalized spacial score (nSPS) is 10.9. The first-order valence-electron chi connectivity index (χ1n) is 10.4. The predicted molar refractivity (Wildman–Crippen MR) is 122 cm³/mol. The molecule has 5 nitrogen and oxygen atoms in total. The van der Waals surface area contributed by atoms with Crippen LogP contribution in [-0.4, -0.2) is 20.6 Å². The Bertz CT molecular complexity index is 1330. The van der Waals surface area contributed by atoms with Gasteiger partial charge in [0.1, 0.15) is 11.9 Å². The van der Waals surface area contributed by atoms with Gasteiger partial charge < -0.3 is 5.11 Å². The molecule has 154 valence electrons. The van der Waals surface area contributed by atoms with Crippen LogP contribution in [0.5, 0.6) is 0 Å². The number of fused-ring (bicyclic) bond motifs is 1. The van der Waals surface area contributed by atoms with Crippen molar-refractivity contribution in [3.05, 3.63) is 83.2 Å². The topological polar surface area (TPSA) is 78.9 Å². The molecule has 4 rings (SSSR count). The highest BCUT2D eigenvalue weighted by molar-refractivity contribution is 5.96. The number of rotatable bonds is 6. The molecule has 0 aliphatic heterocycles. The van der Waals surface area contributed by atoms with E-state index < -0.39 is 5.97 Å². The molecule has 0 saturated carbocycles. The van der Waals surface area contributed by atoms with Crippen LogP contribution in [0.25, 0.3) is 27.8 Å². The molecule has 3 aromatic carbocycles. The summed E-state index contributed by atoms with van der Waals surface area (Å²) in [4.78, 5) is 16.5. The number of aromatic nitrogens is 2. The predicted octanol–water partition coefficient (Wildman–Crippen LogP) is 5.91. The van der Waals surface area contributed by atoms with Crippen molar-refractivity contribution in [2.75, 3.05) is 0 Å². The van der Waals surface area contributed by atoms with Gasteiger partial charge in [0.15, 0.2) is 0 Å². The molecule has 5 heteroatoms. The fraction of sp³-hybridized carbons (Fsp3) is 0.192. The van der Waals surface area contributed by atoms with Gasteiger partial charge in [-0.25, -0.2) is 9.78 Å². The number of imidazole rings is 1. The average molecular weight is 409 g/mol. The van der Waals surface area contributed by atoms with E-state index in [4.69, 9.17) is 4.98 Å². The maximum Gasteiger partial charge on any atom is 0.336 e. The molecule has 0 aliphatic rings. The average Bonchev–Trinajstić information content (AvgIpc) is 3.16. The molecule has 0 bridgehead atoms. The molecule has 0 saturated heterocycles. The number of aryl methyl sites for hydroxylation is 2. The maximum atomic E-state index is 11.7. The summed E-state index contributed by atoms with van der Waals surface area (Å²) in [5.41, 5.74) is 5.94. The lowest BCUT2D eigenvalue weighted by Crippen LogP contribution is -2.04. The Kier molecular flexibility index (Phi) is 5.55. The lowest BCUT2D eigenvalue weighted by atomic mass is 9.95. The summed E-state index contributed by atoms with van der Waals surface area (Å²) in [5.74, 6) is -0.0159. The molecule has 0 aliphatic carbocycles. The van der Waals surface area contributed by atoms with E-state index in [1.165, 1.54) is 0 Å². The van der Waals surface area contributed by atoms with Crippen molar-refractivity contribution in [3.8, 4) is 22.9 Å². The van der Waals surface area contributed by atoms with E-state index in [9.17, 15) is 15.2 Å².